The minimum absolute atomic E-state index is 0.0269. The van der Waals surface area contributed by atoms with E-state index in [1.165, 1.54) is 0 Å². The maximum Gasteiger partial charge on any atom is 0.179 e. The highest BCUT2D eigenvalue weighted by Crippen LogP contribution is 2.27. The van der Waals surface area contributed by atoms with Crippen molar-refractivity contribution in [3.63, 3.8) is 0 Å². The van der Waals surface area contributed by atoms with Crippen LogP contribution >= 0.6 is 11.6 Å². The Kier molecular flexibility index (Phi) is 3.39. The Bertz CT molecular complexity index is 753. The first-order valence-electron chi connectivity index (χ1n) is 6.06. The van der Waals surface area contributed by atoms with Gasteiger partial charge in [0.1, 0.15) is 11.5 Å². The fourth-order valence-corrected chi connectivity index (χ4v) is 2.16. The van der Waals surface area contributed by atoms with Gasteiger partial charge in [0.15, 0.2) is 5.78 Å². The average Bonchev–Trinajstić information content (AvgIpc) is 2.90. The van der Waals surface area contributed by atoms with E-state index in [9.17, 15) is 4.79 Å². The minimum Gasteiger partial charge on any atom is -0.456 e. The van der Waals surface area contributed by atoms with Gasteiger partial charge in [-0.15, -0.1) is 11.6 Å². The minimum atomic E-state index is -0.0983. The molecule has 0 aliphatic heterocycles. The van der Waals surface area contributed by atoms with Crippen LogP contribution in [0, 0.1) is 0 Å². The monoisotopic (exact) mass is 286 g/mol. The van der Waals surface area contributed by atoms with Crippen LogP contribution in [-0.2, 0) is 0 Å². The quantitative estimate of drug-likeness (QED) is 0.586. The Morgan fingerprint density at radius 1 is 1.30 bits per heavy atom. The van der Waals surface area contributed by atoms with Crippen LogP contribution < -0.4 is 4.74 Å². The van der Waals surface area contributed by atoms with Crippen LogP contribution in [-0.4, -0.2) is 21.6 Å². The molecule has 20 heavy (non-hydrogen) atoms. The number of rotatable bonds is 4. The first-order chi connectivity index (χ1) is 9.78. The van der Waals surface area contributed by atoms with E-state index >= 15 is 0 Å². The van der Waals surface area contributed by atoms with E-state index in [-0.39, 0.29) is 11.7 Å². The van der Waals surface area contributed by atoms with E-state index in [1.54, 1.807) is 24.7 Å². The number of hydrogen-bond donors (Lipinski definition) is 1. The first kappa shape index (κ1) is 12.7. The summed E-state index contributed by atoms with van der Waals surface area (Å²) >= 11 is 5.59. The number of nitrogens with zero attached hydrogens (tertiary/aromatic N) is 1. The summed E-state index contributed by atoms with van der Waals surface area (Å²) in [5.41, 5.74) is 1.43. The molecule has 0 unspecified atom stereocenters. The average molecular weight is 287 g/mol. The van der Waals surface area contributed by atoms with Crippen molar-refractivity contribution in [1.82, 2.24) is 9.97 Å². The third kappa shape index (κ3) is 2.38. The van der Waals surface area contributed by atoms with Crippen molar-refractivity contribution < 1.29 is 9.53 Å². The molecular weight excluding hydrogens is 276 g/mol. The number of Topliss-reactive ketones (excluding diaryl/α,β-unsaturated/α-hetero) is 1. The Morgan fingerprint density at radius 2 is 2.20 bits per heavy atom. The van der Waals surface area contributed by atoms with E-state index in [0.717, 1.165) is 10.9 Å². The molecule has 2 aromatic heterocycles. The second-order valence-corrected chi connectivity index (χ2v) is 4.52. The highest BCUT2D eigenvalue weighted by atomic mass is 35.5. The maximum absolute atomic E-state index is 11.7. The number of fused-ring (bicyclic) bond motifs is 1. The Balaban J connectivity index is 1.94. The van der Waals surface area contributed by atoms with Gasteiger partial charge in [0.05, 0.1) is 12.1 Å². The van der Waals surface area contributed by atoms with Gasteiger partial charge in [-0.05, 0) is 24.3 Å². The van der Waals surface area contributed by atoms with Gasteiger partial charge in [0.25, 0.3) is 0 Å². The lowest BCUT2D eigenvalue weighted by atomic mass is 10.1. The molecule has 0 radical (unpaired) electrons. The van der Waals surface area contributed by atoms with E-state index in [0.29, 0.717) is 17.1 Å². The molecule has 0 saturated carbocycles. The number of benzene rings is 1. The summed E-state index contributed by atoms with van der Waals surface area (Å²) in [6.07, 6.45) is 5.00. The molecule has 0 saturated heterocycles. The Hall–Kier alpha value is -2.33. The van der Waals surface area contributed by atoms with Crippen LogP contribution in [0.2, 0.25) is 0 Å². The summed E-state index contributed by atoms with van der Waals surface area (Å²) in [6, 6.07) is 9.13. The predicted octanol–water partition coefficient (Wildman–Crippen LogP) is 3.78. The third-order valence-electron chi connectivity index (χ3n) is 2.95. The first-order valence-corrected chi connectivity index (χ1v) is 6.59. The molecule has 3 rings (SSSR count). The molecule has 0 aliphatic carbocycles. The van der Waals surface area contributed by atoms with Crippen molar-refractivity contribution in [2.45, 2.75) is 0 Å². The van der Waals surface area contributed by atoms with Gasteiger partial charge in [-0.2, -0.15) is 0 Å². The van der Waals surface area contributed by atoms with Crippen LogP contribution in [0.3, 0.4) is 0 Å². The van der Waals surface area contributed by atoms with Crippen LogP contribution in [0.15, 0.2) is 48.9 Å². The molecule has 1 aromatic carbocycles. The molecule has 100 valence electrons. The summed E-state index contributed by atoms with van der Waals surface area (Å²) in [5, 5.41) is 0.842. The van der Waals surface area contributed by atoms with Gasteiger partial charge in [-0.3, -0.25) is 9.78 Å². The Labute approximate surface area is 120 Å². The van der Waals surface area contributed by atoms with Crippen molar-refractivity contribution in [3.05, 3.63) is 54.5 Å². The number of aromatic amines is 1. The largest absolute Gasteiger partial charge is 0.456 e. The van der Waals surface area contributed by atoms with Gasteiger partial charge in [0.2, 0.25) is 0 Å². The van der Waals surface area contributed by atoms with Crippen LogP contribution in [0.4, 0.5) is 0 Å². The summed E-state index contributed by atoms with van der Waals surface area (Å²) in [6.45, 7) is 0. The fraction of sp³-hybridized carbons (Fsp3) is 0.0667. The predicted molar refractivity (Wildman–Crippen MR) is 77.7 cm³/mol. The van der Waals surface area contributed by atoms with Crippen LogP contribution in [0.1, 0.15) is 10.4 Å². The molecule has 5 heteroatoms. The maximum atomic E-state index is 11.7. The number of halogens is 1. The van der Waals surface area contributed by atoms with E-state index in [4.69, 9.17) is 16.3 Å². The fourth-order valence-electron chi connectivity index (χ4n) is 2.02. The molecule has 1 N–H and O–H groups in total. The van der Waals surface area contributed by atoms with Crippen molar-refractivity contribution >= 4 is 28.3 Å². The standard InChI is InChI=1S/C15H11ClN2O2/c16-7-15(19)13-9-18-14-6-10(3-4-12(13)14)20-11-2-1-5-17-8-11/h1-6,8-9,18H,7H2. The summed E-state index contributed by atoms with van der Waals surface area (Å²) in [4.78, 5) is 18.7. The zero-order valence-electron chi connectivity index (χ0n) is 10.5. The summed E-state index contributed by atoms with van der Waals surface area (Å²) < 4.78 is 5.69. The summed E-state index contributed by atoms with van der Waals surface area (Å²) in [5.74, 6) is 1.22. The lowest BCUT2D eigenvalue weighted by Crippen LogP contribution is -1.98. The molecular formula is C15H11ClN2O2. The Morgan fingerprint density at radius 3 is 2.95 bits per heavy atom. The second kappa shape index (κ2) is 5.35. The highest BCUT2D eigenvalue weighted by molar-refractivity contribution is 6.32. The normalized spacial score (nSPS) is 10.7. The molecule has 4 nitrogen and oxygen atoms in total. The lowest BCUT2D eigenvalue weighted by Gasteiger charge is -2.05. The topological polar surface area (TPSA) is 55.0 Å². The van der Waals surface area contributed by atoms with E-state index in [2.05, 4.69) is 9.97 Å². The molecule has 0 amide bonds. The molecule has 0 bridgehead atoms. The molecule has 0 fully saturated rings. The van der Waals surface area contributed by atoms with Gasteiger partial charge in [-0.1, -0.05) is 0 Å². The molecule has 3 aromatic rings. The number of H-pyrrole nitrogens is 1. The smallest absolute Gasteiger partial charge is 0.179 e. The molecule has 2 heterocycles. The third-order valence-corrected chi connectivity index (χ3v) is 3.19. The van der Waals surface area contributed by atoms with Crippen LogP contribution in [0.25, 0.3) is 10.9 Å². The molecule has 0 spiro atoms. The van der Waals surface area contributed by atoms with Gasteiger partial charge >= 0.3 is 0 Å². The van der Waals surface area contributed by atoms with E-state index in [1.807, 2.05) is 24.3 Å². The number of nitrogens with one attached hydrogen (secondary N) is 1. The molecule has 0 aliphatic rings. The number of carbonyl (C=O) groups excluding carboxylic acids is 1. The van der Waals surface area contributed by atoms with Crippen LogP contribution in [0.5, 0.6) is 11.5 Å². The number of alkyl halides is 1. The van der Waals surface area contributed by atoms with Gasteiger partial charge in [-0.25, -0.2) is 0 Å². The number of pyridine rings is 1. The lowest BCUT2D eigenvalue weighted by molar-refractivity contribution is 0.102. The van der Waals surface area contributed by atoms with Crippen molar-refractivity contribution in [2.24, 2.45) is 0 Å². The number of ether oxygens (including phenoxy) is 1. The van der Waals surface area contributed by atoms with Gasteiger partial charge < -0.3 is 9.72 Å². The van der Waals surface area contributed by atoms with Gasteiger partial charge in [0, 0.05) is 34.9 Å². The zero-order chi connectivity index (χ0) is 13.9. The van der Waals surface area contributed by atoms with Crippen molar-refractivity contribution in [2.75, 3.05) is 5.88 Å². The number of aromatic nitrogens is 2. The second-order valence-electron chi connectivity index (χ2n) is 4.26. The SMILES string of the molecule is O=C(CCl)c1c[nH]c2cc(Oc3cccnc3)ccc12. The van der Waals surface area contributed by atoms with E-state index < -0.39 is 0 Å². The zero-order valence-corrected chi connectivity index (χ0v) is 11.2. The number of carbonyl (C=O) groups is 1. The highest BCUT2D eigenvalue weighted by Gasteiger charge is 2.11. The summed E-state index contributed by atoms with van der Waals surface area (Å²) in [7, 11) is 0. The number of hydrogen-bond acceptors (Lipinski definition) is 3. The van der Waals surface area contributed by atoms with Crippen molar-refractivity contribution in [3.8, 4) is 11.5 Å². The number of ketones is 1. The van der Waals surface area contributed by atoms with Crippen molar-refractivity contribution in [1.29, 1.82) is 0 Å². The molecule has 0 atom stereocenters.